The first-order valence-electron chi connectivity index (χ1n) is 9.87. The van der Waals surface area contributed by atoms with Gasteiger partial charge in [-0.2, -0.15) is 0 Å². The third-order valence-electron chi connectivity index (χ3n) is 5.55. The average molecular weight is 376 g/mol. The Labute approximate surface area is 162 Å². The molecule has 1 fully saturated rings. The number of nitrogens with one attached hydrogen (secondary N) is 1. The number of aliphatic hydroxyl groups excluding tert-OH is 1. The van der Waals surface area contributed by atoms with E-state index in [1.807, 2.05) is 45.9 Å². The molecule has 0 radical (unpaired) electrons. The highest BCUT2D eigenvalue weighted by Gasteiger charge is 2.26. The Bertz CT molecular complexity index is 654. The van der Waals surface area contributed by atoms with Crippen LogP contribution < -0.4 is 5.32 Å². The third kappa shape index (κ3) is 6.04. The lowest BCUT2D eigenvalue weighted by atomic mass is 10.1. The molecule has 1 aliphatic heterocycles. The molecule has 6 nitrogen and oxygen atoms in total. The molecule has 0 unspecified atom stereocenters. The SMILES string of the molecule is CC[C@H](C)N(CC(=O)Nc1cccc(C)c1C)C(=O)CN1CCC(O)CC1. The number of piperidine rings is 1. The van der Waals surface area contributed by atoms with Crippen LogP contribution in [0.25, 0.3) is 0 Å². The summed E-state index contributed by atoms with van der Waals surface area (Å²) in [6.07, 6.45) is 1.93. The first kappa shape index (κ1) is 21.4. The fourth-order valence-electron chi connectivity index (χ4n) is 3.30. The van der Waals surface area contributed by atoms with Gasteiger partial charge in [0.25, 0.3) is 0 Å². The van der Waals surface area contributed by atoms with Crippen LogP contribution in [-0.2, 0) is 9.59 Å². The van der Waals surface area contributed by atoms with E-state index in [-0.39, 0.29) is 30.5 Å². The van der Waals surface area contributed by atoms with Gasteiger partial charge in [0.1, 0.15) is 6.54 Å². The number of aryl methyl sites for hydroxylation is 1. The number of hydrogen-bond donors (Lipinski definition) is 2. The maximum absolute atomic E-state index is 12.8. The minimum absolute atomic E-state index is 0.00256. The zero-order valence-corrected chi connectivity index (χ0v) is 17.0. The molecule has 1 aromatic carbocycles. The topological polar surface area (TPSA) is 72.9 Å². The number of likely N-dealkylation sites (tertiary alicyclic amines) is 1. The van der Waals surface area contributed by atoms with E-state index in [4.69, 9.17) is 0 Å². The Hall–Kier alpha value is -1.92. The zero-order valence-electron chi connectivity index (χ0n) is 17.0. The summed E-state index contributed by atoms with van der Waals surface area (Å²) in [4.78, 5) is 29.2. The zero-order chi connectivity index (χ0) is 20.0. The Morgan fingerprint density at radius 1 is 1.30 bits per heavy atom. The van der Waals surface area contributed by atoms with Crippen molar-refractivity contribution < 1.29 is 14.7 Å². The van der Waals surface area contributed by atoms with Crippen molar-refractivity contribution in [2.24, 2.45) is 0 Å². The summed E-state index contributed by atoms with van der Waals surface area (Å²) in [7, 11) is 0. The normalized spacial score (nSPS) is 16.8. The van der Waals surface area contributed by atoms with E-state index < -0.39 is 0 Å². The third-order valence-corrected chi connectivity index (χ3v) is 5.55. The first-order chi connectivity index (χ1) is 12.8. The fraction of sp³-hybridized carbons (Fsp3) is 0.619. The minimum Gasteiger partial charge on any atom is -0.393 e. The lowest BCUT2D eigenvalue weighted by Gasteiger charge is -2.33. The van der Waals surface area contributed by atoms with Crippen LogP contribution in [0.4, 0.5) is 5.69 Å². The monoisotopic (exact) mass is 375 g/mol. The molecule has 27 heavy (non-hydrogen) atoms. The number of amides is 2. The van der Waals surface area contributed by atoms with Crippen molar-refractivity contribution in [2.45, 2.75) is 59.1 Å². The van der Waals surface area contributed by atoms with Gasteiger partial charge in [0.2, 0.25) is 11.8 Å². The molecule has 0 bridgehead atoms. The second kappa shape index (κ2) is 9.85. The number of rotatable bonds is 7. The van der Waals surface area contributed by atoms with Gasteiger partial charge in [-0.05, 0) is 57.2 Å². The van der Waals surface area contributed by atoms with E-state index >= 15 is 0 Å². The van der Waals surface area contributed by atoms with Crippen molar-refractivity contribution in [3.8, 4) is 0 Å². The number of anilines is 1. The molecule has 1 saturated heterocycles. The molecule has 2 N–H and O–H groups in total. The highest BCUT2D eigenvalue weighted by atomic mass is 16.3. The van der Waals surface area contributed by atoms with Crippen molar-refractivity contribution in [3.63, 3.8) is 0 Å². The molecule has 1 aliphatic rings. The van der Waals surface area contributed by atoms with Crippen LogP contribution in [0.3, 0.4) is 0 Å². The lowest BCUT2D eigenvalue weighted by Crippen LogP contribution is -2.49. The minimum atomic E-state index is -0.259. The van der Waals surface area contributed by atoms with Gasteiger partial charge in [0.05, 0.1) is 12.6 Å². The molecule has 1 heterocycles. The molecular weight excluding hydrogens is 342 g/mol. The van der Waals surface area contributed by atoms with Gasteiger partial charge in [-0.3, -0.25) is 14.5 Å². The Morgan fingerprint density at radius 3 is 2.59 bits per heavy atom. The summed E-state index contributed by atoms with van der Waals surface area (Å²) in [5.41, 5.74) is 2.95. The second-order valence-corrected chi connectivity index (χ2v) is 7.58. The standard InChI is InChI=1S/C21H33N3O3/c1-5-16(3)24(21(27)14-23-11-9-18(25)10-12-23)13-20(26)22-19-8-6-7-15(2)17(19)4/h6-8,16,18,25H,5,9-14H2,1-4H3,(H,22,26)/t16-/m0/s1. The van der Waals surface area contributed by atoms with Gasteiger partial charge in [-0.25, -0.2) is 0 Å². The molecule has 2 rings (SSSR count). The highest BCUT2D eigenvalue weighted by Crippen LogP contribution is 2.18. The van der Waals surface area contributed by atoms with Crippen LogP contribution in [0.2, 0.25) is 0 Å². The molecule has 0 aromatic heterocycles. The Balaban J connectivity index is 1.99. The van der Waals surface area contributed by atoms with Gasteiger partial charge in [-0.15, -0.1) is 0 Å². The molecular formula is C21H33N3O3. The van der Waals surface area contributed by atoms with Crippen LogP contribution in [0.5, 0.6) is 0 Å². The number of benzene rings is 1. The average Bonchev–Trinajstić information content (AvgIpc) is 2.64. The molecule has 6 heteroatoms. The molecule has 1 atom stereocenters. The van der Waals surface area contributed by atoms with Crippen molar-refractivity contribution in [1.82, 2.24) is 9.80 Å². The summed E-state index contributed by atoms with van der Waals surface area (Å²) >= 11 is 0. The van der Waals surface area contributed by atoms with Crippen LogP contribution in [0, 0.1) is 13.8 Å². The summed E-state index contributed by atoms with van der Waals surface area (Å²) in [5.74, 6) is -0.205. The second-order valence-electron chi connectivity index (χ2n) is 7.58. The molecule has 150 valence electrons. The van der Waals surface area contributed by atoms with Crippen molar-refractivity contribution in [2.75, 3.05) is 31.5 Å². The summed E-state index contributed by atoms with van der Waals surface area (Å²) in [5, 5.41) is 12.6. The predicted octanol–water partition coefficient (Wildman–Crippen LogP) is 2.33. The molecule has 0 spiro atoms. The van der Waals surface area contributed by atoms with Crippen molar-refractivity contribution in [3.05, 3.63) is 29.3 Å². The summed E-state index contributed by atoms with van der Waals surface area (Å²) in [6.45, 7) is 9.77. The van der Waals surface area contributed by atoms with Crippen LogP contribution in [0.1, 0.15) is 44.2 Å². The number of aliphatic hydroxyl groups is 1. The molecule has 0 aliphatic carbocycles. The smallest absolute Gasteiger partial charge is 0.244 e. The van der Waals surface area contributed by atoms with Crippen molar-refractivity contribution in [1.29, 1.82) is 0 Å². The largest absolute Gasteiger partial charge is 0.393 e. The first-order valence-corrected chi connectivity index (χ1v) is 9.87. The van der Waals surface area contributed by atoms with Gasteiger partial charge >= 0.3 is 0 Å². The summed E-state index contributed by atoms with van der Waals surface area (Å²) in [6, 6.07) is 5.81. The molecule has 1 aromatic rings. The highest BCUT2D eigenvalue weighted by molar-refractivity contribution is 5.95. The van der Waals surface area contributed by atoms with E-state index in [0.29, 0.717) is 19.4 Å². The maximum Gasteiger partial charge on any atom is 0.244 e. The quantitative estimate of drug-likeness (QED) is 0.767. The van der Waals surface area contributed by atoms with Gasteiger partial charge < -0.3 is 15.3 Å². The van der Waals surface area contributed by atoms with E-state index in [0.717, 1.165) is 36.3 Å². The van der Waals surface area contributed by atoms with Gasteiger partial charge in [-0.1, -0.05) is 19.1 Å². The van der Waals surface area contributed by atoms with Crippen LogP contribution >= 0.6 is 0 Å². The number of carbonyl (C=O) groups excluding carboxylic acids is 2. The predicted molar refractivity (Wildman–Crippen MR) is 108 cm³/mol. The number of nitrogens with zero attached hydrogens (tertiary/aromatic N) is 2. The molecule has 2 amide bonds. The van der Waals surface area contributed by atoms with Crippen LogP contribution in [-0.4, -0.2) is 65.0 Å². The number of hydrogen-bond acceptors (Lipinski definition) is 4. The van der Waals surface area contributed by atoms with Crippen molar-refractivity contribution >= 4 is 17.5 Å². The summed E-state index contributed by atoms with van der Waals surface area (Å²) < 4.78 is 0. The Morgan fingerprint density at radius 2 is 1.96 bits per heavy atom. The lowest BCUT2D eigenvalue weighted by molar-refractivity contribution is -0.138. The van der Waals surface area contributed by atoms with E-state index in [1.165, 1.54) is 0 Å². The maximum atomic E-state index is 12.8. The van der Waals surface area contributed by atoms with E-state index in [2.05, 4.69) is 10.2 Å². The van der Waals surface area contributed by atoms with E-state index in [9.17, 15) is 14.7 Å². The van der Waals surface area contributed by atoms with Crippen LogP contribution in [0.15, 0.2) is 18.2 Å². The fourth-order valence-corrected chi connectivity index (χ4v) is 3.30. The molecule has 0 saturated carbocycles. The Kier molecular flexibility index (Phi) is 7.80. The van der Waals surface area contributed by atoms with Gasteiger partial charge in [0.15, 0.2) is 0 Å². The number of carbonyl (C=O) groups is 2. The van der Waals surface area contributed by atoms with Gasteiger partial charge in [0, 0.05) is 24.8 Å². The van der Waals surface area contributed by atoms with E-state index in [1.54, 1.807) is 4.90 Å².